The summed E-state index contributed by atoms with van der Waals surface area (Å²) in [5, 5.41) is 2.35. The molecule has 6 heteroatoms. The lowest BCUT2D eigenvalue weighted by Crippen LogP contribution is -2.48. The van der Waals surface area contributed by atoms with Gasteiger partial charge in [0.25, 0.3) is 0 Å². The van der Waals surface area contributed by atoms with Crippen molar-refractivity contribution >= 4 is 28.9 Å². The van der Waals surface area contributed by atoms with Gasteiger partial charge in [0.1, 0.15) is 0 Å². The Kier molecular flexibility index (Phi) is 4.64. The highest BCUT2D eigenvalue weighted by molar-refractivity contribution is 6.34. The molecule has 0 atom stereocenters. The summed E-state index contributed by atoms with van der Waals surface area (Å²) in [7, 11) is 0. The minimum atomic E-state index is -0.496. The lowest BCUT2D eigenvalue weighted by atomic mass is 9.98. The van der Waals surface area contributed by atoms with Crippen LogP contribution < -0.4 is 10.6 Å². The highest BCUT2D eigenvalue weighted by Crippen LogP contribution is 2.32. The topological polar surface area (TPSA) is 58.8 Å². The number of halogens is 1. The lowest BCUT2D eigenvalue weighted by Gasteiger charge is -2.36. The average molecular weight is 312 g/mol. The third-order valence-corrected chi connectivity index (χ3v) is 3.70. The smallest absolute Gasteiger partial charge is 0.330 e. The summed E-state index contributed by atoms with van der Waals surface area (Å²) in [6.07, 6.45) is 0. The van der Waals surface area contributed by atoms with E-state index in [-0.39, 0.29) is 5.97 Å². The summed E-state index contributed by atoms with van der Waals surface area (Å²) in [6, 6.07) is 5.51. The molecule has 0 aliphatic carbocycles. The molecule has 1 heterocycles. The van der Waals surface area contributed by atoms with E-state index in [4.69, 9.17) is 22.2 Å². The standard InChI is InChI=1S/C15H22ClN3O2/c1-15(2,3)14(20)21-19-9-7-18(8-10-19)13-11(16)5-4-6-12(13)17/h4-6H,7-10,17H2,1-3H3. The van der Waals surface area contributed by atoms with Crippen LogP contribution in [0, 0.1) is 5.41 Å². The van der Waals surface area contributed by atoms with Crippen molar-refractivity contribution in [1.29, 1.82) is 0 Å². The van der Waals surface area contributed by atoms with E-state index < -0.39 is 5.41 Å². The second-order valence-corrected chi connectivity index (χ2v) is 6.63. The number of hydrogen-bond acceptors (Lipinski definition) is 5. The van der Waals surface area contributed by atoms with Crippen LogP contribution in [-0.2, 0) is 9.63 Å². The molecule has 1 aliphatic rings. The number of nitrogen functional groups attached to an aromatic ring is 1. The number of hydroxylamine groups is 2. The number of benzene rings is 1. The fraction of sp³-hybridized carbons (Fsp3) is 0.533. The number of para-hydroxylation sites is 1. The molecule has 2 N–H and O–H groups in total. The fourth-order valence-electron chi connectivity index (χ4n) is 2.12. The summed E-state index contributed by atoms with van der Waals surface area (Å²) in [5.41, 5.74) is 7.03. The number of anilines is 2. The highest BCUT2D eigenvalue weighted by atomic mass is 35.5. The molecule has 0 saturated carbocycles. The van der Waals surface area contributed by atoms with Gasteiger partial charge in [-0.1, -0.05) is 17.7 Å². The molecule has 1 fully saturated rings. The quantitative estimate of drug-likeness (QED) is 0.851. The van der Waals surface area contributed by atoms with Crippen molar-refractivity contribution in [3.05, 3.63) is 23.2 Å². The molecule has 1 aliphatic heterocycles. The molecule has 0 aromatic heterocycles. The third kappa shape index (κ3) is 3.80. The monoisotopic (exact) mass is 311 g/mol. The van der Waals surface area contributed by atoms with Crippen molar-refractivity contribution in [2.75, 3.05) is 36.8 Å². The van der Waals surface area contributed by atoms with E-state index in [1.165, 1.54) is 0 Å². The van der Waals surface area contributed by atoms with Gasteiger partial charge in [0.2, 0.25) is 0 Å². The Morgan fingerprint density at radius 2 is 1.86 bits per heavy atom. The van der Waals surface area contributed by atoms with Crippen molar-refractivity contribution in [2.24, 2.45) is 5.41 Å². The molecule has 0 spiro atoms. The van der Waals surface area contributed by atoms with Crippen molar-refractivity contribution < 1.29 is 9.63 Å². The van der Waals surface area contributed by atoms with Crippen LogP contribution in [0.3, 0.4) is 0 Å². The molecular weight excluding hydrogens is 290 g/mol. The maximum Gasteiger partial charge on any atom is 0.330 e. The minimum Gasteiger partial charge on any atom is -0.397 e. The van der Waals surface area contributed by atoms with Gasteiger partial charge >= 0.3 is 5.97 Å². The highest BCUT2D eigenvalue weighted by Gasteiger charge is 2.28. The number of nitrogens with zero attached hydrogens (tertiary/aromatic N) is 2. The van der Waals surface area contributed by atoms with E-state index >= 15 is 0 Å². The van der Waals surface area contributed by atoms with Gasteiger partial charge in [-0.3, -0.25) is 0 Å². The predicted octanol–water partition coefficient (Wildman–Crippen LogP) is 2.55. The molecule has 1 saturated heterocycles. The van der Waals surface area contributed by atoms with Crippen LogP contribution >= 0.6 is 11.6 Å². The first-order chi connectivity index (χ1) is 9.79. The maximum atomic E-state index is 11.9. The molecule has 0 unspecified atom stereocenters. The summed E-state index contributed by atoms with van der Waals surface area (Å²) < 4.78 is 0. The Bertz CT molecular complexity index is 500. The van der Waals surface area contributed by atoms with Crippen LogP contribution in [0.25, 0.3) is 0 Å². The van der Waals surface area contributed by atoms with Crippen LogP contribution in [0.4, 0.5) is 11.4 Å². The molecule has 1 aromatic rings. The molecule has 2 rings (SSSR count). The van der Waals surface area contributed by atoms with Crippen LogP contribution in [-0.4, -0.2) is 37.2 Å². The summed E-state index contributed by atoms with van der Waals surface area (Å²) in [5.74, 6) is -0.215. The molecule has 0 amide bonds. The van der Waals surface area contributed by atoms with Gasteiger partial charge in [0.05, 0.1) is 34.9 Å². The van der Waals surface area contributed by atoms with Crippen molar-refractivity contribution in [3.8, 4) is 0 Å². The Morgan fingerprint density at radius 1 is 1.24 bits per heavy atom. The normalized spacial score (nSPS) is 16.9. The van der Waals surface area contributed by atoms with Crippen LogP contribution in [0.2, 0.25) is 5.02 Å². The van der Waals surface area contributed by atoms with Crippen LogP contribution in [0.15, 0.2) is 18.2 Å². The molecule has 1 aromatic carbocycles. The van der Waals surface area contributed by atoms with Crippen molar-refractivity contribution in [2.45, 2.75) is 20.8 Å². The first-order valence-corrected chi connectivity index (χ1v) is 7.43. The maximum absolute atomic E-state index is 11.9. The van der Waals surface area contributed by atoms with Crippen LogP contribution in [0.1, 0.15) is 20.8 Å². The second-order valence-electron chi connectivity index (χ2n) is 6.22. The minimum absolute atomic E-state index is 0.215. The molecular formula is C15H22ClN3O2. The number of carbonyl (C=O) groups is 1. The zero-order valence-corrected chi connectivity index (χ0v) is 13.5. The number of rotatable bonds is 2. The zero-order valence-electron chi connectivity index (χ0n) is 12.7. The van der Waals surface area contributed by atoms with Crippen molar-refractivity contribution in [1.82, 2.24) is 5.06 Å². The van der Waals surface area contributed by atoms with E-state index in [0.717, 1.165) is 5.69 Å². The van der Waals surface area contributed by atoms with Gasteiger partial charge in [-0.2, -0.15) is 0 Å². The molecule has 116 valence electrons. The number of piperazine rings is 1. The van der Waals surface area contributed by atoms with Crippen LogP contribution in [0.5, 0.6) is 0 Å². The largest absolute Gasteiger partial charge is 0.397 e. The van der Waals surface area contributed by atoms with E-state index in [1.807, 2.05) is 39.0 Å². The molecule has 5 nitrogen and oxygen atoms in total. The Balaban J connectivity index is 1.96. The van der Waals surface area contributed by atoms with Gasteiger partial charge in [0.15, 0.2) is 0 Å². The Morgan fingerprint density at radius 3 is 2.38 bits per heavy atom. The van der Waals surface area contributed by atoms with E-state index in [9.17, 15) is 4.79 Å². The third-order valence-electron chi connectivity index (χ3n) is 3.40. The average Bonchev–Trinajstić information content (AvgIpc) is 2.39. The van der Waals surface area contributed by atoms with Gasteiger partial charge < -0.3 is 15.5 Å². The van der Waals surface area contributed by atoms with Gasteiger partial charge in [-0.15, -0.1) is 5.06 Å². The van der Waals surface area contributed by atoms with E-state index in [1.54, 1.807) is 5.06 Å². The molecule has 0 radical (unpaired) electrons. The number of nitrogens with two attached hydrogens (primary N) is 1. The van der Waals surface area contributed by atoms with Crippen molar-refractivity contribution in [3.63, 3.8) is 0 Å². The number of hydrogen-bond donors (Lipinski definition) is 1. The first kappa shape index (κ1) is 15.9. The SMILES string of the molecule is CC(C)(C)C(=O)ON1CCN(c2c(N)cccc2Cl)CC1. The Hall–Kier alpha value is -1.46. The van der Waals surface area contributed by atoms with Gasteiger partial charge in [-0.05, 0) is 32.9 Å². The zero-order chi connectivity index (χ0) is 15.6. The Labute approximate surface area is 130 Å². The molecule has 21 heavy (non-hydrogen) atoms. The fourth-order valence-corrected chi connectivity index (χ4v) is 2.42. The van der Waals surface area contributed by atoms with Gasteiger partial charge in [0, 0.05) is 13.1 Å². The lowest BCUT2D eigenvalue weighted by molar-refractivity contribution is -0.201. The van der Waals surface area contributed by atoms with E-state index in [0.29, 0.717) is 36.9 Å². The number of carbonyl (C=O) groups excluding carboxylic acids is 1. The van der Waals surface area contributed by atoms with Gasteiger partial charge in [-0.25, -0.2) is 4.79 Å². The second kappa shape index (κ2) is 6.12. The van der Waals surface area contributed by atoms with E-state index in [2.05, 4.69) is 4.90 Å². The summed E-state index contributed by atoms with van der Waals surface area (Å²) in [4.78, 5) is 19.4. The molecule has 0 bridgehead atoms. The summed E-state index contributed by atoms with van der Waals surface area (Å²) >= 11 is 6.22. The first-order valence-electron chi connectivity index (χ1n) is 7.05. The summed E-state index contributed by atoms with van der Waals surface area (Å²) in [6.45, 7) is 8.22. The predicted molar refractivity (Wildman–Crippen MR) is 85.2 cm³/mol.